The molecule has 3 aliphatic heterocycles. The van der Waals surface area contributed by atoms with Crippen LogP contribution >= 0.6 is 0 Å². The molecular formula is C26H28N4O4. The van der Waals surface area contributed by atoms with Gasteiger partial charge in [0.1, 0.15) is 11.1 Å². The molecule has 0 atom stereocenters. The van der Waals surface area contributed by atoms with Crippen molar-refractivity contribution in [3.05, 3.63) is 58.4 Å². The molecule has 2 fully saturated rings. The zero-order valence-electron chi connectivity index (χ0n) is 19.1. The van der Waals surface area contributed by atoms with Crippen molar-refractivity contribution in [2.75, 3.05) is 57.4 Å². The quantitative estimate of drug-likeness (QED) is 0.494. The van der Waals surface area contributed by atoms with Gasteiger partial charge in [0.2, 0.25) is 5.43 Å². The number of carbonyl (C=O) groups is 1. The lowest BCUT2D eigenvalue weighted by Crippen LogP contribution is -2.37. The van der Waals surface area contributed by atoms with Gasteiger partial charge in [-0.05, 0) is 50.2 Å². The van der Waals surface area contributed by atoms with E-state index in [-0.39, 0.29) is 16.9 Å². The highest BCUT2D eigenvalue weighted by Crippen LogP contribution is 2.45. The summed E-state index contributed by atoms with van der Waals surface area (Å²) >= 11 is 0. The maximum Gasteiger partial charge on any atom is 0.256 e. The third kappa shape index (κ3) is 3.63. The Labute approximate surface area is 197 Å². The van der Waals surface area contributed by atoms with Crippen LogP contribution in [-0.4, -0.2) is 67.9 Å². The summed E-state index contributed by atoms with van der Waals surface area (Å²) in [4.78, 5) is 31.1. The lowest BCUT2D eigenvalue weighted by Gasteiger charge is -2.32. The molecule has 2 saturated heterocycles. The van der Waals surface area contributed by atoms with Crippen molar-refractivity contribution < 1.29 is 14.3 Å². The Morgan fingerprint density at radius 2 is 1.76 bits per heavy atom. The maximum atomic E-state index is 13.5. The molecule has 1 aromatic heterocycles. The monoisotopic (exact) mass is 460 g/mol. The Bertz CT molecular complexity index is 1310. The molecule has 8 heteroatoms. The highest BCUT2D eigenvalue weighted by Gasteiger charge is 2.28. The number of morpholine rings is 1. The number of hydrogen-bond acceptors (Lipinski definition) is 6. The average molecular weight is 461 g/mol. The number of anilines is 1. The first-order valence-electron chi connectivity index (χ1n) is 12.0. The van der Waals surface area contributed by atoms with Gasteiger partial charge >= 0.3 is 0 Å². The van der Waals surface area contributed by atoms with Crippen LogP contribution in [0.4, 0.5) is 5.69 Å². The van der Waals surface area contributed by atoms with Crippen molar-refractivity contribution in [2.45, 2.75) is 12.8 Å². The number of nitrogens with zero attached hydrogens (tertiary/aromatic N) is 3. The maximum absolute atomic E-state index is 13.5. The van der Waals surface area contributed by atoms with Gasteiger partial charge in [0, 0.05) is 32.4 Å². The third-order valence-electron chi connectivity index (χ3n) is 6.94. The van der Waals surface area contributed by atoms with Crippen LogP contribution in [-0.2, 0) is 4.74 Å². The number of aromatic nitrogens is 1. The molecule has 8 nitrogen and oxygen atoms in total. The van der Waals surface area contributed by atoms with E-state index in [9.17, 15) is 9.59 Å². The van der Waals surface area contributed by atoms with Gasteiger partial charge < -0.3 is 29.2 Å². The van der Waals surface area contributed by atoms with Gasteiger partial charge in [-0.3, -0.25) is 9.59 Å². The lowest BCUT2D eigenvalue weighted by molar-refractivity contribution is 0.0948. The number of benzene rings is 2. The normalized spacial score (nSPS) is 17.5. The molecule has 34 heavy (non-hydrogen) atoms. The summed E-state index contributed by atoms with van der Waals surface area (Å²) in [5.41, 5.74) is 2.31. The van der Waals surface area contributed by atoms with Gasteiger partial charge in [-0.25, -0.2) is 0 Å². The highest BCUT2D eigenvalue weighted by atomic mass is 16.5. The summed E-state index contributed by atoms with van der Waals surface area (Å²) < 4.78 is 13.8. The zero-order valence-corrected chi connectivity index (χ0v) is 19.1. The van der Waals surface area contributed by atoms with E-state index in [4.69, 9.17) is 9.47 Å². The second-order valence-electron chi connectivity index (χ2n) is 9.03. The fourth-order valence-corrected chi connectivity index (χ4v) is 5.17. The predicted octanol–water partition coefficient (Wildman–Crippen LogP) is 2.76. The molecule has 0 bridgehead atoms. The first kappa shape index (κ1) is 21.2. The van der Waals surface area contributed by atoms with Crippen molar-refractivity contribution in [1.82, 2.24) is 14.8 Å². The van der Waals surface area contributed by atoms with Crippen molar-refractivity contribution in [2.24, 2.45) is 0 Å². The number of fused-ring (bicyclic) bond motifs is 2. The minimum Gasteiger partial charge on any atom is -0.451 e. The highest BCUT2D eigenvalue weighted by molar-refractivity contribution is 6.01. The number of rotatable bonds is 5. The summed E-state index contributed by atoms with van der Waals surface area (Å²) in [7, 11) is 0. The van der Waals surface area contributed by atoms with E-state index < -0.39 is 0 Å². The van der Waals surface area contributed by atoms with Crippen LogP contribution in [0.3, 0.4) is 0 Å². The molecule has 4 heterocycles. The molecule has 176 valence electrons. The molecule has 2 aromatic carbocycles. The number of nitrogens with one attached hydrogen (secondary N) is 1. The number of ether oxygens (including phenoxy) is 2. The molecule has 6 rings (SSSR count). The summed E-state index contributed by atoms with van der Waals surface area (Å²) in [6.07, 6.45) is 4.09. The van der Waals surface area contributed by atoms with Crippen LogP contribution in [0.5, 0.6) is 11.5 Å². The van der Waals surface area contributed by atoms with E-state index in [0.29, 0.717) is 42.2 Å². The van der Waals surface area contributed by atoms with Gasteiger partial charge in [0.25, 0.3) is 5.91 Å². The Morgan fingerprint density at radius 1 is 0.971 bits per heavy atom. The smallest absolute Gasteiger partial charge is 0.256 e. The van der Waals surface area contributed by atoms with Gasteiger partial charge in [-0.15, -0.1) is 0 Å². The number of para-hydroxylation sites is 2. The topological polar surface area (TPSA) is 76.0 Å². The van der Waals surface area contributed by atoms with Gasteiger partial charge in [-0.1, -0.05) is 12.1 Å². The molecule has 0 aliphatic carbocycles. The van der Waals surface area contributed by atoms with Crippen LogP contribution in [0, 0.1) is 0 Å². The SMILES string of the molecule is O=C(NCCN1CCCC1)c1cn2c3c(c(N4CCOCC4)ccc3c1=O)Oc1ccccc1-2. The molecule has 1 N–H and O–H groups in total. The molecule has 3 aromatic rings. The summed E-state index contributed by atoms with van der Waals surface area (Å²) in [5.74, 6) is 1.01. The van der Waals surface area contributed by atoms with E-state index >= 15 is 0 Å². The first-order chi connectivity index (χ1) is 16.7. The second kappa shape index (κ2) is 8.77. The standard InChI is InChI=1S/C26H28N4O4/c31-24-18-7-8-21(29-13-15-33-16-14-29)25-23(18)30(20-5-1-2-6-22(20)34-25)17-19(24)26(32)27-9-12-28-10-3-4-11-28/h1-2,5-8,17H,3-4,9-16H2,(H,27,32). The predicted molar refractivity (Wildman–Crippen MR) is 131 cm³/mol. The number of amides is 1. The Balaban J connectivity index is 1.43. The second-order valence-corrected chi connectivity index (χ2v) is 9.03. The Morgan fingerprint density at radius 3 is 2.59 bits per heavy atom. The molecule has 3 aliphatic rings. The van der Waals surface area contributed by atoms with E-state index in [2.05, 4.69) is 15.1 Å². The van der Waals surface area contributed by atoms with Crippen molar-refractivity contribution in [3.63, 3.8) is 0 Å². The molecule has 0 radical (unpaired) electrons. The summed E-state index contributed by atoms with van der Waals surface area (Å²) in [5, 5.41) is 3.44. The van der Waals surface area contributed by atoms with E-state index in [1.807, 2.05) is 41.0 Å². The van der Waals surface area contributed by atoms with Crippen LogP contribution in [0.25, 0.3) is 16.6 Å². The van der Waals surface area contributed by atoms with E-state index in [1.165, 1.54) is 12.8 Å². The number of pyridine rings is 1. The minimum absolute atomic E-state index is 0.149. The zero-order chi connectivity index (χ0) is 23.1. The summed E-state index contributed by atoms with van der Waals surface area (Å²) in [6.45, 7) is 6.28. The van der Waals surface area contributed by atoms with E-state index in [0.717, 1.165) is 44.1 Å². The number of carbonyl (C=O) groups excluding carboxylic acids is 1. The molecule has 0 unspecified atom stereocenters. The van der Waals surface area contributed by atoms with Crippen LogP contribution in [0.15, 0.2) is 47.4 Å². The third-order valence-corrected chi connectivity index (χ3v) is 6.94. The molecule has 0 spiro atoms. The number of likely N-dealkylation sites (tertiary alicyclic amines) is 1. The van der Waals surface area contributed by atoms with Crippen LogP contribution in [0.2, 0.25) is 0 Å². The van der Waals surface area contributed by atoms with Crippen molar-refractivity contribution >= 4 is 22.5 Å². The number of hydrogen-bond donors (Lipinski definition) is 1. The van der Waals surface area contributed by atoms with E-state index in [1.54, 1.807) is 6.20 Å². The fourth-order valence-electron chi connectivity index (χ4n) is 5.17. The van der Waals surface area contributed by atoms with Crippen molar-refractivity contribution in [3.8, 4) is 17.2 Å². The minimum atomic E-state index is -0.336. The lowest BCUT2D eigenvalue weighted by atomic mass is 10.1. The van der Waals surface area contributed by atoms with Gasteiger partial charge in [0.15, 0.2) is 11.5 Å². The van der Waals surface area contributed by atoms with Gasteiger partial charge in [0.05, 0.1) is 30.0 Å². The van der Waals surface area contributed by atoms with Crippen LogP contribution < -0.4 is 20.4 Å². The van der Waals surface area contributed by atoms with Crippen molar-refractivity contribution in [1.29, 1.82) is 0 Å². The largest absolute Gasteiger partial charge is 0.451 e. The Kier molecular flexibility index (Phi) is 5.47. The Hall–Kier alpha value is -3.36. The molecule has 0 saturated carbocycles. The molecular weight excluding hydrogens is 432 g/mol. The summed E-state index contributed by atoms with van der Waals surface area (Å²) in [6, 6.07) is 11.5. The van der Waals surface area contributed by atoms with Crippen LogP contribution in [0.1, 0.15) is 23.2 Å². The fraction of sp³-hybridized carbons (Fsp3) is 0.385. The molecule has 1 amide bonds. The first-order valence-corrected chi connectivity index (χ1v) is 12.0. The van der Waals surface area contributed by atoms with Gasteiger partial charge in [-0.2, -0.15) is 0 Å². The average Bonchev–Trinajstić information content (AvgIpc) is 3.39.